The van der Waals surface area contributed by atoms with Crippen molar-refractivity contribution in [3.63, 3.8) is 0 Å². The van der Waals surface area contributed by atoms with Crippen LogP contribution in [-0.4, -0.2) is 18.5 Å². The first kappa shape index (κ1) is 23.6. The predicted molar refractivity (Wildman–Crippen MR) is 83.1 cm³/mol. The van der Waals surface area contributed by atoms with Gasteiger partial charge in [0.05, 0.1) is 0 Å². The first-order chi connectivity index (χ1) is 12.3. The van der Waals surface area contributed by atoms with Crippen LogP contribution in [-0.2, 0) is 6.42 Å². The van der Waals surface area contributed by atoms with E-state index in [2.05, 4.69) is 0 Å². The minimum atomic E-state index is -6.45. The van der Waals surface area contributed by atoms with Gasteiger partial charge < -0.3 is 0 Å². The molecule has 0 fully saturated rings. The van der Waals surface area contributed by atoms with E-state index in [1.165, 1.54) is 0 Å². The molecule has 0 saturated heterocycles. The minimum absolute atomic E-state index is 0.116. The van der Waals surface area contributed by atoms with Crippen LogP contribution in [0.3, 0.4) is 0 Å². The van der Waals surface area contributed by atoms with E-state index in [-0.39, 0.29) is 6.42 Å². The summed E-state index contributed by atoms with van der Waals surface area (Å²) in [5, 5.41) is 0. The summed E-state index contributed by atoms with van der Waals surface area (Å²) in [6.45, 7) is 0. The molecule has 1 aromatic rings. The Labute approximate surface area is 151 Å². The maximum atomic E-state index is 12.8. The first-order valence-electron chi connectivity index (χ1n) is 8.57. The van der Waals surface area contributed by atoms with Gasteiger partial charge in [-0.3, -0.25) is 0 Å². The molecule has 27 heavy (non-hydrogen) atoms. The highest BCUT2D eigenvalue weighted by Gasteiger charge is 2.82. The molecule has 0 atom stereocenters. The van der Waals surface area contributed by atoms with Crippen molar-refractivity contribution in [3.05, 3.63) is 35.9 Å². The van der Waals surface area contributed by atoms with Crippen LogP contribution < -0.4 is 0 Å². The third-order valence-electron chi connectivity index (χ3n) is 4.56. The smallest absolute Gasteiger partial charge is 0.170 e. The van der Waals surface area contributed by atoms with Crippen LogP contribution in [0.5, 0.6) is 0 Å². The Bertz CT molecular complexity index is 505. The Hall–Kier alpha value is -1.41. The Morgan fingerprint density at radius 3 is 1.37 bits per heavy atom. The van der Waals surface area contributed by atoms with Gasteiger partial charge in [-0.1, -0.05) is 62.4 Å². The maximum absolute atomic E-state index is 12.8. The third-order valence-corrected chi connectivity index (χ3v) is 4.56. The average molecular weight is 408 g/mol. The van der Waals surface area contributed by atoms with Gasteiger partial charge >= 0.3 is 18.5 Å². The number of benzene rings is 1. The maximum Gasteiger partial charge on any atom is 0.412 e. The first-order valence-corrected chi connectivity index (χ1v) is 8.57. The van der Waals surface area contributed by atoms with E-state index in [1.807, 2.05) is 30.3 Å². The lowest BCUT2D eigenvalue weighted by molar-refractivity contribution is -0.429. The van der Waals surface area contributed by atoms with Crippen LogP contribution in [0.15, 0.2) is 30.3 Å². The molecular formula is C18H21F9. The van der Waals surface area contributed by atoms with Gasteiger partial charge in [0.25, 0.3) is 5.41 Å². The lowest BCUT2D eigenvalue weighted by atomic mass is 9.80. The second-order valence-corrected chi connectivity index (χ2v) is 6.51. The normalized spacial score (nSPS) is 13.8. The number of alkyl halides is 9. The summed E-state index contributed by atoms with van der Waals surface area (Å²) < 4.78 is 115. The second kappa shape index (κ2) is 9.19. The Kier molecular flexibility index (Phi) is 8.04. The molecule has 1 aromatic carbocycles. The van der Waals surface area contributed by atoms with Crippen LogP contribution in [0.1, 0.15) is 50.5 Å². The standard InChI is InChI=1S/C18H21F9/c19-16(20,21)15(17(22,23)24,18(25,26)27)13-9-4-2-1-3-6-10-14-11-7-5-8-12-14/h5,7-8,11-12H,1-4,6,9-10,13H2. The summed E-state index contributed by atoms with van der Waals surface area (Å²) in [6.07, 6.45) is -19.2. The molecule has 0 N–H and O–H groups in total. The number of halogens is 9. The topological polar surface area (TPSA) is 0 Å². The molecule has 0 nitrogen and oxygen atoms in total. The Morgan fingerprint density at radius 1 is 0.519 bits per heavy atom. The van der Waals surface area contributed by atoms with Gasteiger partial charge in [-0.15, -0.1) is 0 Å². The Morgan fingerprint density at radius 2 is 0.926 bits per heavy atom. The molecule has 0 aliphatic heterocycles. The minimum Gasteiger partial charge on any atom is -0.170 e. The van der Waals surface area contributed by atoms with E-state index < -0.39 is 36.8 Å². The van der Waals surface area contributed by atoms with Gasteiger partial charge in [-0.25, -0.2) is 0 Å². The summed E-state index contributed by atoms with van der Waals surface area (Å²) in [5.74, 6) is 0. The predicted octanol–water partition coefficient (Wildman–Crippen LogP) is 7.63. The van der Waals surface area contributed by atoms with Gasteiger partial charge in [-0.2, -0.15) is 39.5 Å². The molecule has 0 amide bonds. The summed E-state index contributed by atoms with van der Waals surface area (Å²) in [5.41, 5.74) is -4.55. The van der Waals surface area contributed by atoms with Crippen molar-refractivity contribution < 1.29 is 39.5 Å². The quantitative estimate of drug-likeness (QED) is 0.291. The van der Waals surface area contributed by atoms with Crippen molar-refractivity contribution >= 4 is 0 Å². The monoisotopic (exact) mass is 408 g/mol. The van der Waals surface area contributed by atoms with Crippen molar-refractivity contribution in [3.8, 4) is 0 Å². The van der Waals surface area contributed by atoms with Crippen molar-refractivity contribution in [2.45, 2.75) is 69.9 Å². The van der Waals surface area contributed by atoms with E-state index in [0.29, 0.717) is 19.3 Å². The molecular weight excluding hydrogens is 387 g/mol. The molecule has 9 heteroatoms. The zero-order chi connectivity index (χ0) is 20.8. The van der Waals surface area contributed by atoms with E-state index in [1.54, 1.807) is 0 Å². The number of hydrogen-bond donors (Lipinski definition) is 0. The lowest BCUT2D eigenvalue weighted by Gasteiger charge is -2.38. The fraction of sp³-hybridized carbons (Fsp3) is 0.667. The molecule has 0 aliphatic carbocycles. The van der Waals surface area contributed by atoms with E-state index in [4.69, 9.17) is 0 Å². The fourth-order valence-corrected chi connectivity index (χ4v) is 2.98. The zero-order valence-electron chi connectivity index (χ0n) is 14.4. The zero-order valence-corrected chi connectivity index (χ0v) is 14.4. The van der Waals surface area contributed by atoms with Gasteiger partial charge in [0.2, 0.25) is 0 Å². The fourth-order valence-electron chi connectivity index (χ4n) is 2.98. The summed E-state index contributed by atoms with van der Waals surface area (Å²) in [7, 11) is 0. The molecule has 0 aromatic heterocycles. The molecule has 0 spiro atoms. The highest BCUT2D eigenvalue weighted by atomic mass is 19.4. The van der Waals surface area contributed by atoms with E-state index in [9.17, 15) is 39.5 Å². The molecule has 0 heterocycles. The number of rotatable bonds is 9. The molecule has 0 bridgehead atoms. The molecule has 1 rings (SSSR count). The summed E-state index contributed by atoms with van der Waals surface area (Å²) in [6, 6.07) is 9.50. The largest absolute Gasteiger partial charge is 0.412 e. The van der Waals surface area contributed by atoms with Gasteiger partial charge in [-0.05, 0) is 24.8 Å². The molecule has 0 unspecified atom stereocenters. The van der Waals surface area contributed by atoms with Crippen LogP contribution >= 0.6 is 0 Å². The SMILES string of the molecule is FC(F)(F)C(CCCCCCCCc1ccccc1)(C(F)(F)F)C(F)(F)F. The van der Waals surface area contributed by atoms with Crippen molar-refractivity contribution in [2.75, 3.05) is 0 Å². The van der Waals surface area contributed by atoms with Gasteiger partial charge in [0.15, 0.2) is 0 Å². The summed E-state index contributed by atoms with van der Waals surface area (Å²) >= 11 is 0. The van der Waals surface area contributed by atoms with Crippen molar-refractivity contribution in [1.82, 2.24) is 0 Å². The van der Waals surface area contributed by atoms with Gasteiger partial charge in [0.1, 0.15) is 0 Å². The van der Waals surface area contributed by atoms with E-state index >= 15 is 0 Å². The van der Waals surface area contributed by atoms with Crippen LogP contribution in [0, 0.1) is 5.41 Å². The summed E-state index contributed by atoms with van der Waals surface area (Å²) in [4.78, 5) is 0. The van der Waals surface area contributed by atoms with Crippen LogP contribution in [0.25, 0.3) is 0 Å². The number of unbranched alkanes of at least 4 members (excludes halogenated alkanes) is 5. The van der Waals surface area contributed by atoms with Crippen LogP contribution in [0.4, 0.5) is 39.5 Å². The molecule has 0 radical (unpaired) electrons. The molecule has 0 aliphatic rings. The highest BCUT2D eigenvalue weighted by Crippen LogP contribution is 2.61. The number of hydrogen-bond acceptors (Lipinski definition) is 0. The Balaban J connectivity index is 2.46. The lowest BCUT2D eigenvalue weighted by Crippen LogP contribution is -2.59. The number of aryl methyl sites for hydroxylation is 1. The highest BCUT2D eigenvalue weighted by molar-refractivity contribution is 5.14. The van der Waals surface area contributed by atoms with Crippen LogP contribution in [0.2, 0.25) is 0 Å². The third kappa shape index (κ3) is 6.04. The second-order valence-electron chi connectivity index (χ2n) is 6.51. The van der Waals surface area contributed by atoms with Gasteiger partial charge in [0, 0.05) is 0 Å². The molecule has 156 valence electrons. The average Bonchev–Trinajstić information content (AvgIpc) is 2.50. The van der Waals surface area contributed by atoms with E-state index in [0.717, 1.165) is 18.4 Å². The van der Waals surface area contributed by atoms with Crippen molar-refractivity contribution in [2.24, 2.45) is 5.41 Å². The molecule has 0 saturated carbocycles. The van der Waals surface area contributed by atoms with Crippen molar-refractivity contribution in [1.29, 1.82) is 0 Å².